The van der Waals surface area contributed by atoms with Crippen LogP contribution in [0.5, 0.6) is 0 Å². The van der Waals surface area contributed by atoms with Crippen LogP contribution < -0.4 is 0 Å². The summed E-state index contributed by atoms with van der Waals surface area (Å²) in [5, 5.41) is 19.2. The van der Waals surface area contributed by atoms with E-state index in [0.717, 1.165) is 5.56 Å². The standard InChI is InChI=1S/C23H37NO6Si/c1-23(2,3)31(4,5)30-20(14-18(26)15-25)21(27)24-13-9-12-19(24)22(28)29-16-17-10-7-6-8-11-17/h6-8,10-11,18-20,25-26H,9,12-16H2,1-5H3/t18?,19-,20?/m0/s1. The summed E-state index contributed by atoms with van der Waals surface area (Å²) in [5.41, 5.74) is 0.886. The van der Waals surface area contributed by atoms with Crippen LogP contribution in [0.2, 0.25) is 18.1 Å². The lowest BCUT2D eigenvalue weighted by Gasteiger charge is -2.40. The molecule has 0 radical (unpaired) electrons. The highest BCUT2D eigenvalue weighted by atomic mass is 28.4. The van der Waals surface area contributed by atoms with Crippen molar-refractivity contribution < 1.29 is 29.0 Å². The summed E-state index contributed by atoms with van der Waals surface area (Å²) in [6, 6.07) is 8.75. The number of aliphatic hydroxyl groups is 2. The number of hydrogen-bond donors (Lipinski definition) is 2. The van der Waals surface area contributed by atoms with Gasteiger partial charge < -0.3 is 24.3 Å². The van der Waals surface area contributed by atoms with Crippen molar-refractivity contribution in [1.29, 1.82) is 0 Å². The first-order valence-electron chi connectivity index (χ1n) is 10.9. The minimum Gasteiger partial charge on any atom is -0.459 e. The highest BCUT2D eigenvalue weighted by Gasteiger charge is 2.44. The molecular formula is C23H37NO6Si. The summed E-state index contributed by atoms with van der Waals surface area (Å²) in [4.78, 5) is 27.7. The van der Waals surface area contributed by atoms with Crippen LogP contribution in [0.1, 0.15) is 45.6 Å². The molecule has 1 aliphatic rings. The molecule has 0 saturated carbocycles. The first-order valence-corrected chi connectivity index (χ1v) is 13.8. The van der Waals surface area contributed by atoms with Crippen molar-refractivity contribution in [2.45, 2.75) is 83.0 Å². The van der Waals surface area contributed by atoms with Crippen LogP contribution in [0.4, 0.5) is 0 Å². The van der Waals surface area contributed by atoms with Gasteiger partial charge in [0.05, 0.1) is 12.7 Å². The van der Waals surface area contributed by atoms with Crippen molar-refractivity contribution in [3.63, 3.8) is 0 Å². The third kappa shape index (κ3) is 6.87. The lowest BCUT2D eigenvalue weighted by molar-refractivity contribution is -0.157. The fourth-order valence-electron chi connectivity index (χ4n) is 3.34. The second-order valence-electron chi connectivity index (χ2n) is 9.72. The van der Waals surface area contributed by atoms with Gasteiger partial charge in [-0.1, -0.05) is 51.1 Å². The Kier molecular flexibility index (Phi) is 8.82. The molecule has 31 heavy (non-hydrogen) atoms. The quantitative estimate of drug-likeness (QED) is 0.443. The summed E-state index contributed by atoms with van der Waals surface area (Å²) < 4.78 is 11.8. The minimum absolute atomic E-state index is 0.00980. The Hall–Kier alpha value is -1.74. The molecule has 7 nitrogen and oxygen atoms in total. The van der Waals surface area contributed by atoms with Gasteiger partial charge in [-0.3, -0.25) is 4.79 Å². The molecule has 3 atom stereocenters. The molecule has 1 fully saturated rings. The molecule has 0 aliphatic carbocycles. The van der Waals surface area contributed by atoms with Crippen molar-refractivity contribution in [1.82, 2.24) is 4.90 Å². The molecule has 2 N–H and O–H groups in total. The van der Waals surface area contributed by atoms with Gasteiger partial charge in [-0.2, -0.15) is 0 Å². The molecule has 1 aromatic carbocycles. The van der Waals surface area contributed by atoms with Crippen LogP contribution in [0, 0.1) is 0 Å². The fraction of sp³-hybridized carbons (Fsp3) is 0.652. The van der Waals surface area contributed by atoms with E-state index >= 15 is 0 Å². The van der Waals surface area contributed by atoms with Gasteiger partial charge in [0.2, 0.25) is 0 Å². The zero-order chi connectivity index (χ0) is 23.2. The van der Waals surface area contributed by atoms with Gasteiger partial charge in [-0.15, -0.1) is 0 Å². The molecule has 1 aliphatic heterocycles. The number of hydrogen-bond acceptors (Lipinski definition) is 6. The monoisotopic (exact) mass is 451 g/mol. The van der Waals surface area contributed by atoms with E-state index in [2.05, 4.69) is 20.8 Å². The van der Waals surface area contributed by atoms with Crippen LogP contribution in [-0.2, 0) is 25.4 Å². The summed E-state index contributed by atoms with van der Waals surface area (Å²) in [7, 11) is -2.33. The van der Waals surface area contributed by atoms with Gasteiger partial charge in [0.15, 0.2) is 8.32 Å². The molecule has 174 valence electrons. The van der Waals surface area contributed by atoms with Crippen LogP contribution in [-0.4, -0.2) is 66.7 Å². The van der Waals surface area contributed by atoms with E-state index in [9.17, 15) is 19.8 Å². The highest BCUT2D eigenvalue weighted by molar-refractivity contribution is 6.74. The van der Waals surface area contributed by atoms with Crippen LogP contribution >= 0.6 is 0 Å². The number of amides is 1. The first-order chi connectivity index (χ1) is 14.5. The minimum atomic E-state index is -2.33. The third-order valence-corrected chi connectivity index (χ3v) is 10.7. The predicted octanol–water partition coefficient (Wildman–Crippen LogP) is 2.85. The van der Waals surface area contributed by atoms with Gasteiger partial charge in [-0.25, -0.2) is 4.79 Å². The number of ether oxygens (including phenoxy) is 1. The average molecular weight is 452 g/mol. The number of carbonyl (C=O) groups is 2. The summed E-state index contributed by atoms with van der Waals surface area (Å²) >= 11 is 0. The zero-order valence-corrected chi connectivity index (χ0v) is 20.3. The number of aliphatic hydroxyl groups excluding tert-OH is 2. The molecule has 0 spiro atoms. The van der Waals surface area contributed by atoms with Crippen molar-refractivity contribution in [2.75, 3.05) is 13.2 Å². The number of benzene rings is 1. The van der Waals surface area contributed by atoms with Gasteiger partial charge >= 0.3 is 5.97 Å². The topological polar surface area (TPSA) is 96.3 Å². The maximum atomic E-state index is 13.4. The number of nitrogens with zero attached hydrogens (tertiary/aromatic N) is 1. The maximum Gasteiger partial charge on any atom is 0.329 e. The Morgan fingerprint density at radius 3 is 2.45 bits per heavy atom. The van der Waals surface area contributed by atoms with Crippen molar-refractivity contribution in [3.8, 4) is 0 Å². The molecule has 2 rings (SSSR count). The number of carbonyl (C=O) groups excluding carboxylic acids is 2. The molecule has 0 aromatic heterocycles. The molecule has 1 heterocycles. The molecule has 1 aromatic rings. The lowest BCUT2D eigenvalue weighted by Crippen LogP contribution is -2.52. The second-order valence-corrected chi connectivity index (χ2v) is 14.5. The molecule has 1 saturated heterocycles. The van der Waals surface area contributed by atoms with E-state index in [0.29, 0.717) is 19.4 Å². The number of esters is 1. The Morgan fingerprint density at radius 2 is 1.87 bits per heavy atom. The average Bonchev–Trinajstić information content (AvgIpc) is 3.20. The lowest BCUT2D eigenvalue weighted by atomic mass is 10.1. The highest BCUT2D eigenvalue weighted by Crippen LogP contribution is 2.38. The predicted molar refractivity (Wildman–Crippen MR) is 121 cm³/mol. The van der Waals surface area contributed by atoms with Crippen molar-refractivity contribution in [3.05, 3.63) is 35.9 Å². The van der Waals surface area contributed by atoms with Gasteiger partial charge in [0.1, 0.15) is 18.8 Å². The SMILES string of the molecule is CC(C)(C)[Si](C)(C)OC(CC(O)CO)C(=O)N1CCC[C@H]1C(=O)OCc1ccccc1. The van der Waals surface area contributed by atoms with Crippen molar-refractivity contribution in [2.24, 2.45) is 0 Å². The number of rotatable bonds is 9. The zero-order valence-electron chi connectivity index (χ0n) is 19.3. The molecule has 2 unspecified atom stereocenters. The Bertz CT molecular complexity index is 733. The first kappa shape index (κ1) is 25.5. The Morgan fingerprint density at radius 1 is 1.23 bits per heavy atom. The van der Waals surface area contributed by atoms with E-state index in [-0.39, 0.29) is 24.0 Å². The largest absolute Gasteiger partial charge is 0.459 e. The summed E-state index contributed by atoms with van der Waals surface area (Å²) in [6.07, 6.45) is -0.749. The van der Waals surface area contributed by atoms with Gasteiger partial charge in [0.25, 0.3) is 5.91 Å². The van der Waals surface area contributed by atoms with E-state index in [1.54, 1.807) is 0 Å². The Balaban J connectivity index is 2.12. The van der Waals surface area contributed by atoms with E-state index in [4.69, 9.17) is 9.16 Å². The smallest absolute Gasteiger partial charge is 0.329 e. The third-order valence-electron chi connectivity index (χ3n) is 6.25. The van der Waals surface area contributed by atoms with Crippen LogP contribution in [0.3, 0.4) is 0 Å². The van der Waals surface area contributed by atoms with Gasteiger partial charge in [-0.05, 0) is 36.5 Å². The van der Waals surface area contributed by atoms with Crippen LogP contribution in [0.15, 0.2) is 30.3 Å². The normalized spacial score (nSPS) is 19.2. The van der Waals surface area contributed by atoms with Crippen molar-refractivity contribution >= 4 is 20.2 Å². The van der Waals surface area contributed by atoms with E-state index < -0.39 is 39.1 Å². The summed E-state index contributed by atoms with van der Waals surface area (Å²) in [5.74, 6) is -0.750. The maximum absolute atomic E-state index is 13.4. The molecule has 0 bridgehead atoms. The number of likely N-dealkylation sites (tertiary alicyclic amines) is 1. The fourth-order valence-corrected chi connectivity index (χ4v) is 4.60. The van der Waals surface area contributed by atoms with Crippen LogP contribution in [0.25, 0.3) is 0 Å². The van der Waals surface area contributed by atoms with Gasteiger partial charge in [0, 0.05) is 13.0 Å². The van der Waals surface area contributed by atoms with E-state index in [1.807, 2.05) is 43.4 Å². The Labute approximate surface area is 186 Å². The van der Waals surface area contributed by atoms with E-state index in [1.165, 1.54) is 4.90 Å². The molecular weight excluding hydrogens is 414 g/mol. The second kappa shape index (κ2) is 10.7. The molecule has 1 amide bonds. The molecule has 8 heteroatoms. The summed E-state index contributed by atoms with van der Waals surface area (Å²) in [6.45, 7) is 10.4.